The third kappa shape index (κ3) is 3.44. The van der Waals surface area contributed by atoms with Crippen LogP contribution in [0.3, 0.4) is 0 Å². The van der Waals surface area contributed by atoms with E-state index in [1.54, 1.807) is 13.0 Å². The average Bonchev–Trinajstić information content (AvgIpc) is 3.37. The van der Waals surface area contributed by atoms with Crippen molar-refractivity contribution in [2.45, 2.75) is 32.0 Å². The molecule has 146 valence electrons. The normalized spacial score (nSPS) is 15.6. The van der Waals surface area contributed by atoms with Gasteiger partial charge in [-0.05, 0) is 56.0 Å². The topological polar surface area (TPSA) is 59.3 Å². The fourth-order valence-corrected chi connectivity index (χ4v) is 3.16. The quantitative estimate of drug-likeness (QED) is 0.685. The molecule has 4 rings (SSSR count). The number of halogens is 4. The molecule has 0 unspecified atom stereocenters. The number of hydrogen-bond acceptors (Lipinski definition) is 3. The predicted octanol–water partition coefficient (Wildman–Crippen LogP) is 3.91. The van der Waals surface area contributed by atoms with E-state index in [1.165, 1.54) is 35.0 Å². The smallest absolute Gasteiger partial charge is 0.339 e. The molecule has 1 aliphatic rings. The van der Waals surface area contributed by atoms with Gasteiger partial charge < -0.3 is 5.32 Å². The van der Waals surface area contributed by atoms with Crippen molar-refractivity contribution in [2.75, 3.05) is 0 Å². The Hall–Kier alpha value is -2.97. The Morgan fingerprint density at radius 3 is 2.54 bits per heavy atom. The number of aromatic nitrogens is 3. The van der Waals surface area contributed by atoms with Gasteiger partial charge in [0.05, 0.1) is 5.69 Å². The summed E-state index contributed by atoms with van der Waals surface area (Å²) in [6.45, 7) is 1.76. The van der Waals surface area contributed by atoms with Crippen LogP contribution in [0.25, 0.3) is 16.9 Å². The summed E-state index contributed by atoms with van der Waals surface area (Å²) in [6.07, 6.45) is -2.31. The SMILES string of the molecule is Cc1cc(-c2ccc(F)cc2)nc2c(C(=O)N[C@@H](C3CC3)C(F)(F)F)ncn12. The number of fused-ring (bicyclic) bond motifs is 1. The molecule has 1 amide bonds. The van der Waals surface area contributed by atoms with Gasteiger partial charge in [0.1, 0.15) is 18.2 Å². The molecule has 1 atom stereocenters. The maximum atomic E-state index is 13.2. The zero-order valence-corrected chi connectivity index (χ0v) is 14.8. The van der Waals surface area contributed by atoms with Crippen LogP contribution in [0, 0.1) is 18.7 Å². The lowest BCUT2D eigenvalue weighted by Crippen LogP contribution is -2.47. The zero-order valence-electron chi connectivity index (χ0n) is 14.8. The first-order valence-corrected chi connectivity index (χ1v) is 8.72. The summed E-state index contributed by atoms with van der Waals surface area (Å²) in [6, 6.07) is 5.48. The lowest BCUT2D eigenvalue weighted by Gasteiger charge is -2.20. The van der Waals surface area contributed by atoms with E-state index in [-0.39, 0.29) is 11.3 Å². The average molecular weight is 392 g/mol. The lowest BCUT2D eigenvalue weighted by atomic mass is 10.1. The first-order chi connectivity index (χ1) is 13.2. The second kappa shape index (κ2) is 6.57. The number of rotatable bonds is 4. The molecule has 0 aliphatic heterocycles. The third-order valence-electron chi connectivity index (χ3n) is 4.78. The molecular weight excluding hydrogens is 376 g/mol. The van der Waals surface area contributed by atoms with Crippen molar-refractivity contribution < 1.29 is 22.4 Å². The van der Waals surface area contributed by atoms with Crippen LogP contribution in [0.5, 0.6) is 0 Å². The number of aryl methyl sites for hydroxylation is 1. The largest absolute Gasteiger partial charge is 0.408 e. The fourth-order valence-electron chi connectivity index (χ4n) is 3.16. The van der Waals surface area contributed by atoms with Gasteiger partial charge in [-0.1, -0.05) is 0 Å². The van der Waals surface area contributed by atoms with Gasteiger partial charge in [-0.15, -0.1) is 0 Å². The molecule has 0 spiro atoms. The molecule has 5 nitrogen and oxygen atoms in total. The van der Waals surface area contributed by atoms with Crippen molar-refractivity contribution in [3.8, 4) is 11.3 Å². The van der Waals surface area contributed by atoms with E-state index in [0.717, 1.165) is 0 Å². The Labute approximate surface area is 157 Å². The molecule has 2 aromatic heterocycles. The second-order valence-electron chi connectivity index (χ2n) is 6.91. The summed E-state index contributed by atoms with van der Waals surface area (Å²) in [5.41, 5.74) is 1.74. The molecule has 1 saturated carbocycles. The van der Waals surface area contributed by atoms with E-state index in [0.29, 0.717) is 29.8 Å². The maximum Gasteiger partial charge on any atom is 0.408 e. The third-order valence-corrected chi connectivity index (χ3v) is 4.78. The monoisotopic (exact) mass is 392 g/mol. The van der Waals surface area contributed by atoms with Crippen LogP contribution in [0.1, 0.15) is 29.0 Å². The van der Waals surface area contributed by atoms with Crippen LogP contribution in [-0.2, 0) is 0 Å². The highest BCUT2D eigenvalue weighted by molar-refractivity contribution is 5.98. The van der Waals surface area contributed by atoms with Crippen molar-refractivity contribution in [1.29, 1.82) is 0 Å². The Kier molecular flexibility index (Phi) is 4.32. The van der Waals surface area contributed by atoms with E-state index in [1.807, 2.05) is 0 Å². The Balaban J connectivity index is 1.71. The van der Waals surface area contributed by atoms with Crippen LogP contribution >= 0.6 is 0 Å². The molecule has 3 aromatic rings. The number of alkyl halides is 3. The highest BCUT2D eigenvalue weighted by Gasteiger charge is 2.50. The second-order valence-corrected chi connectivity index (χ2v) is 6.91. The zero-order chi connectivity index (χ0) is 20.1. The van der Waals surface area contributed by atoms with Gasteiger partial charge in [-0.3, -0.25) is 9.20 Å². The molecule has 1 aliphatic carbocycles. The molecule has 2 heterocycles. The van der Waals surface area contributed by atoms with E-state index in [2.05, 4.69) is 15.3 Å². The number of benzene rings is 1. The fraction of sp³-hybridized carbons (Fsp3) is 0.316. The minimum Gasteiger partial charge on any atom is -0.339 e. The summed E-state index contributed by atoms with van der Waals surface area (Å²) in [4.78, 5) is 20.9. The standard InChI is InChI=1S/C19H16F4N4O/c1-10-8-14(11-4-6-13(20)7-5-11)25-17-15(24-9-27(10)17)18(28)26-16(12-2-3-12)19(21,22)23/h4-9,12,16H,2-3H2,1H3,(H,26,28)/t16-/m0/s1. The van der Waals surface area contributed by atoms with Crippen molar-refractivity contribution >= 4 is 11.6 Å². The molecule has 28 heavy (non-hydrogen) atoms. The Morgan fingerprint density at radius 1 is 1.25 bits per heavy atom. The molecule has 0 radical (unpaired) electrons. The molecule has 0 saturated heterocycles. The molecule has 1 fully saturated rings. The van der Waals surface area contributed by atoms with Gasteiger partial charge >= 0.3 is 6.18 Å². The number of amides is 1. The number of nitrogens with one attached hydrogen (secondary N) is 1. The number of imidazole rings is 1. The first-order valence-electron chi connectivity index (χ1n) is 8.72. The van der Waals surface area contributed by atoms with Crippen LogP contribution in [0.15, 0.2) is 36.7 Å². The van der Waals surface area contributed by atoms with Crippen LogP contribution < -0.4 is 5.32 Å². The number of carbonyl (C=O) groups is 1. The lowest BCUT2D eigenvalue weighted by molar-refractivity contribution is -0.158. The van der Waals surface area contributed by atoms with Gasteiger partial charge in [0.25, 0.3) is 5.91 Å². The first kappa shape index (κ1) is 18.4. The van der Waals surface area contributed by atoms with E-state index in [4.69, 9.17) is 0 Å². The van der Waals surface area contributed by atoms with Crippen molar-refractivity contribution in [2.24, 2.45) is 5.92 Å². The van der Waals surface area contributed by atoms with Crippen LogP contribution in [0.4, 0.5) is 17.6 Å². The number of nitrogens with zero attached hydrogens (tertiary/aromatic N) is 3. The van der Waals surface area contributed by atoms with Gasteiger partial charge in [0.15, 0.2) is 11.3 Å². The van der Waals surface area contributed by atoms with Crippen LogP contribution in [0.2, 0.25) is 0 Å². The molecule has 9 heteroatoms. The van der Waals surface area contributed by atoms with Gasteiger partial charge in [0, 0.05) is 11.3 Å². The van der Waals surface area contributed by atoms with Gasteiger partial charge in [-0.2, -0.15) is 13.2 Å². The van der Waals surface area contributed by atoms with Gasteiger partial charge in [-0.25, -0.2) is 14.4 Å². The number of carbonyl (C=O) groups excluding carboxylic acids is 1. The minimum atomic E-state index is -4.52. The summed E-state index contributed by atoms with van der Waals surface area (Å²) in [7, 11) is 0. The predicted molar refractivity (Wildman–Crippen MR) is 93.2 cm³/mol. The van der Waals surface area contributed by atoms with E-state index >= 15 is 0 Å². The van der Waals surface area contributed by atoms with Gasteiger partial charge in [0.2, 0.25) is 0 Å². The number of hydrogen-bond donors (Lipinski definition) is 1. The maximum absolute atomic E-state index is 13.2. The Bertz CT molecular complexity index is 1040. The summed E-state index contributed by atoms with van der Waals surface area (Å²) >= 11 is 0. The minimum absolute atomic E-state index is 0.147. The molecular formula is C19H16F4N4O. The van der Waals surface area contributed by atoms with E-state index < -0.39 is 29.9 Å². The van der Waals surface area contributed by atoms with Crippen molar-refractivity contribution in [3.05, 3.63) is 53.9 Å². The summed E-state index contributed by atoms with van der Waals surface area (Å²) < 4.78 is 54.4. The molecule has 0 bridgehead atoms. The van der Waals surface area contributed by atoms with Crippen molar-refractivity contribution in [1.82, 2.24) is 19.7 Å². The summed E-state index contributed by atoms with van der Waals surface area (Å²) in [5.74, 6) is -1.91. The molecule has 1 N–H and O–H groups in total. The van der Waals surface area contributed by atoms with Crippen molar-refractivity contribution in [3.63, 3.8) is 0 Å². The Morgan fingerprint density at radius 2 is 1.93 bits per heavy atom. The molecule has 1 aromatic carbocycles. The summed E-state index contributed by atoms with van der Waals surface area (Å²) in [5, 5.41) is 2.07. The highest BCUT2D eigenvalue weighted by Crippen LogP contribution is 2.40. The van der Waals surface area contributed by atoms with E-state index in [9.17, 15) is 22.4 Å². The highest BCUT2D eigenvalue weighted by atomic mass is 19.4. The van der Waals surface area contributed by atoms with Crippen LogP contribution in [-0.4, -0.2) is 32.5 Å².